The smallest absolute Gasteiger partial charge is 0.238 e. The van der Waals surface area contributed by atoms with Gasteiger partial charge in [0.15, 0.2) is 0 Å². The van der Waals surface area contributed by atoms with Crippen LogP contribution < -0.4 is 15.4 Å². The third-order valence-corrected chi connectivity index (χ3v) is 4.13. The Kier molecular flexibility index (Phi) is 9.95. The monoisotopic (exact) mass is 398 g/mol. The molecule has 0 unspecified atom stereocenters. The second-order valence-corrected chi connectivity index (χ2v) is 5.97. The topological polar surface area (TPSA) is 76.1 Å². The lowest BCUT2D eigenvalue weighted by Gasteiger charge is -2.22. The van der Waals surface area contributed by atoms with Gasteiger partial charge in [0, 0.05) is 30.4 Å². The molecule has 1 aliphatic heterocycles. The van der Waals surface area contributed by atoms with Crippen LogP contribution in [0.3, 0.4) is 0 Å². The lowest BCUT2D eigenvalue weighted by molar-refractivity contribution is -0.116. The fourth-order valence-corrected chi connectivity index (χ4v) is 2.83. The number of nitrogens with one attached hydrogen (secondary N) is 2. The first-order valence-electron chi connectivity index (χ1n) is 8.36. The van der Waals surface area contributed by atoms with E-state index in [0.29, 0.717) is 24.0 Å². The third-order valence-electron chi connectivity index (χ3n) is 4.13. The summed E-state index contributed by atoms with van der Waals surface area (Å²) in [6, 6.07) is 10.8. The van der Waals surface area contributed by atoms with Crippen molar-refractivity contribution >= 4 is 36.4 Å². The van der Waals surface area contributed by atoms with Crippen LogP contribution in [0.15, 0.2) is 42.6 Å². The molecule has 142 valence electrons. The molecule has 0 spiro atoms. The number of aromatic nitrogens is 2. The summed E-state index contributed by atoms with van der Waals surface area (Å²) in [6.07, 6.45) is 5.42. The van der Waals surface area contributed by atoms with Crippen LogP contribution in [0.4, 0.5) is 5.69 Å². The van der Waals surface area contributed by atoms with Crippen molar-refractivity contribution in [3.8, 4) is 11.6 Å². The summed E-state index contributed by atoms with van der Waals surface area (Å²) >= 11 is 0. The van der Waals surface area contributed by atoms with Crippen LogP contribution in [0, 0.1) is 5.92 Å². The summed E-state index contributed by atoms with van der Waals surface area (Å²) in [4.78, 5) is 12.1. The maximum absolute atomic E-state index is 12.1. The molecule has 0 radical (unpaired) electrons. The SMILES string of the molecule is Cl.Cl.O=C(CCC1CCNCC1)Nc1cccc(Oc2cccnn2)c1. The number of halogens is 2. The average molecular weight is 399 g/mol. The minimum atomic E-state index is 0. The van der Waals surface area contributed by atoms with E-state index >= 15 is 0 Å². The van der Waals surface area contributed by atoms with E-state index in [1.54, 1.807) is 24.4 Å². The van der Waals surface area contributed by atoms with Crippen molar-refractivity contribution in [2.24, 2.45) is 5.92 Å². The van der Waals surface area contributed by atoms with Gasteiger partial charge in [-0.1, -0.05) is 6.07 Å². The highest BCUT2D eigenvalue weighted by Crippen LogP contribution is 2.23. The molecule has 1 fully saturated rings. The number of carbonyl (C=O) groups is 1. The second kappa shape index (κ2) is 11.7. The minimum Gasteiger partial charge on any atom is -0.437 e. The van der Waals surface area contributed by atoms with Crippen molar-refractivity contribution in [2.75, 3.05) is 18.4 Å². The van der Waals surface area contributed by atoms with Gasteiger partial charge < -0.3 is 15.4 Å². The Morgan fingerprint density at radius 1 is 1.19 bits per heavy atom. The van der Waals surface area contributed by atoms with Gasteiger partial charge in [-0.15, -0.1) is 29.9 Å². The van der Waals surface area contributed by atoms with Crippen LogP contribution >= 0.6 is 24.8 Å². The summed E-state index contributed by atoms with van der Waals surface area (Å²) < 4.78 is 5.62. The Hall–Kier alpha value is -1.89. The quantitative estimate of drug-likeness (QED) is 0.772. The fourth-order valence-electron chi connectivity index (χ4n) is 2.83. The number of rotatable bonds is 6. The van der Waals surface area contributed by atoms with E-state index in [-0.39, 0.29) is 30.7 Å². The number of hydrogen-bond acceptors (Lipinski definition) is 5. The molecular weight excluding hydrogens is 375 g/mol. The Morgan fingerprint density at radius 2 is 2.00 bits per heavy atom. The van der Waals surface area contributed by atoms with Crippen LogP contribution in [-0.2, 0) is 4.79 Å². The van der Waals surface area contributed by atoms with Crippen molar-refractivity contribution in [1.82, 2.24) is 15.5 Å². The molecule has 2 heterocycles. The zero-order valence-corrected chi connectivity index (χ0v) is 16.0. The Labute approximate surface area is 165 Å². The van der Waals surface area contributed by atoms with Crippen LogP contribution in [0.5, 0.6) is 11.6 Å². The van der Waals surface area contributed by atoms with E-state index < -0.39 is 0 Å². The van der Waals surface area contributed by atoms with Crippen molar-refractivity contribution < 1.29 is 9.53 Å². The number of ether oxygens (including phenoxy) is 1. The first-order chi connectivity index (χ1) is 11.8. The van der Waals surface area contributed by atoms with Gasteiger partial charge in [-0.3, -0.25) is 4.79 Å². The molecule has 0 saturated carbocycles. The lowest BCUT2D eigenvalue weighted by atomic mass is 9.93. The first-order valence-corrected chi connectivity index (χ1v) is 8.36. The molecule has 1 aromatic heterocycles. The maximum Gasteiger partial charge on any atom is 0.238 e. The maximum atomic E-state index is 12.1. The standard InChI is InChI=1S/C18H22N4O2.2ClH/c23-17(7-6-14-8-11-19-12-9-14)21-15-3-1-4-16(13-15)24-18-5-2-10-20-22-18;;/h1-5,10,13-14,19H,6-9,11-12H2,(H,21,23);2*1H. The predicted molar refractivity (Wildman–Crippen MR) is 107 cm³/mol. The number of hydrogen-bond donors (Lipinski definition) is 2. The lowest BCUT2D eigenvalue weighted by Crippen LogP contribution is -2.28. The van der Waals surface area contributed by atoms with Crippen molar-refractivity contribution in [2.45, 2.75) is 25.7 Å². The molecule has 1 saturated heterocycles. The second-order valence-electron chi connectivity index (χ2n) is 5.97. The van der Waals surface area contributed by atoms with Gasteiger partial charge in [-0.2, -0.15) is 5.10 Å². The van der Waals surface area contributed by atoms with E-state index in [1.807, 2.05) is 18.2 Å². The molecule has 26 heavy (non-hydrogen) atoms. The highest BCUT2D eigenvalue weighted by Gasteiger charge is 2.14. The first kappa shape index (κ1) is 22.2. The van der Waals surface area contributed by atoms with Crippen molar-refractivity contribution in [3.63, 3.8) is 0 Å². The van der Waals surface area contributed by atoms with Gasteiger partial charge in [0.2, 0.25) is 11.8 Å². The van der Waals surface area contributed by atoms with E-state index in [1.165, 1.54) is 0 Å². The molecule has 0 aliphatic carbocycles. The molecule has 8 heteroatoms. The summed E-state index contributed by atoms with van der Waals surface area (Å²) in [7, 11) is 0. The largest absolute Gasteiger partial charge is 0.437 e. The number of carbonyl (C=O) groups excluding carboxylic acids is 1. The van der Waals surface area contributed by atoms with Gasteiger partial charge in [-0.25, -0.2) is 0 Å². The zero-order valence-electron chi connectivity index (χ0n) is 14.4. The van der Waals surface area contributed by atoms with Crippen molar-refractivity contribution in [1.29, 1.82) is 0 Å². The molecular formula is C18H24Cl2N4O2. The fraction of sp³-hybridized carbons (Fsp3) is 0.389. The van der Waals surface area contributed by atoms with Gasteiger partial charge >= 0.3 is 0 Å². The molecule has 1 aromatic carbocycles. The summed E-state index contributed by atoms with van der Waals surface area (Å²) in [5, 5.41) is 13.9. The minimum absolute atomic E-state index is 0. The summed E-state index contributed by atoms with van der Waals surface area (Å²) in [5.41, 5.74) is 0.728. The molecule has 0 atom stereocenters. The van der Waals surface area contributed by atoms with Crippen LogP contribution in [0.2, 0.25) is 0 Å². The van der Waals surface area contributed by atoms with Gasteiger partial charge in [0.05, 0.1) is 0 Å². The van der Waals surface area contributed by atoms with Crippen LogP contribution in [0.25, 0.3) is 0 Å². The summed E-state index contributed by atoms with van der Waals surface area (Å²) in [6.45, 7) is 2.13. The molecule has 1 amide bonds. The van der Waals surface area contributed by atoms with Crippen molar-refractivity contribution in [3.05, 3.63) is 42.6 Å². The number of nitrogens with zero attached hydrogens (tertiary/aromatic N) is 2. The Morgan fingerprint density at radius 3 is 2.73 bits per heavy atom. The van der Waals surface area contributed by atoms with E-state index in [0.717, 1.165) is 38.0 Å². The summed E-state index contributed by atoms with van der Waals surface area (Å²) in [5.74, 6) is 1.74. The predicted octanol–water partition coefficient (Wildman–Crippen LogP) is 3.83. The molecule has 3 rings (SSSR count). The normalized spacial score (nSPS) is 13.8. The number of benzene rings is 1. The highest BCUT2D eigenvalue weighted by atomic mass is 35.5. The number of piperidine rings is 1. The Bertz CT molecular complexity index is 667. The highest BCUT2D eigenvalue weighted by molar-refractivity contribution is 5.90. The van der Waals surface area contributed by atoms with Crippen LogP contribution in [-0.4, -0.2) is 29.2 Å². The molecule has 1 aliphatic rings. The molecule has 2 N–H and O–H groups in total. The molecule has 2 aromatic rings. The Balaban J connectivity index is 0.00000169. The zero-order chi connectivity index (χ0) is 16.6. The van der Waals surface area contributed by atoms with E-state index in [9.17, 15) is 4.79 Å². The van der Waals surface area contributed by atoms with E-state index in [2.05, 4.69) is 20.8 Å². The van der Waals surface area contributed by atoms with Crippen LogP contribution in [0.1, 0.15) is 25.7 Å². The van der Waals surface area contributed by atoms with Gasteiger partial charge in [0.25, 0.3) is 0 Å². The van der Waals surface area contributed by atoms with Gasteiger partial charge in [0.1, 0.15) is 5.75 Å². The third kappa shape index (κ3) is 7.15. The molecule has 0 bridgehead atoms. The average Bonchev–Trinajstić information content (AvgIpc) is 2.62. The van der Waals surface area contributed by atoms with E-state index in [4.69, 9.17) is 4.74 Å². The molecule has 6 nitrogen and oxygen atoms in total. The van der Waals surface area contributed by atoms with Gasteiger partial charge in [-0.05, 0) is 56.5 Å². The number of amides is 1. The number of anilines is 1.